The maximum absolute atomic E-state index is 12.2. The minimum atomic E-state index is -1.04. The molecule has 148 valence electrons. The maximum atomic E-state index is 12.2. The Morgan fingerprint density at radius 3 is 2.11 bits per heavy atom. The number of carbonyl (C=O) groups is 3. The van der Waals surface area contributed by atoms with Crippen molar-refractivity contribution in [1.82, 2.24) is 5.32 Å². The lowest BCUT2D eigenvalue weighted by Crippen LogP contribution is -2.42. The van der Waals surface area contributed by atoms with E-state index >= 15 is 0 Å². The molecule has 0 radical (unpaired) electrons. The van der Waals surface area contributed by atoms with E-state index in [1.807, 2.05) is 39.0 Å². The molecule has 2 rings (SSSR count). The van der Waals surface area contributed by atoms with Crippen molar-refractivity contribution in [2.75, 3.05) is 29.9 Å². The van der Waals surface area contributed by atoms with E-state index in [9.17, 15) is 14.4 Å². The molecule has 2 aromatic carbocycles. The molecule has 0 heterocycles. The molecule has 0 saturated carbocycles. The summed E-state index contributed by atoms with van der Waals surface area (Å²) in [5, 5.41) is 14.4. The molecule has 0 aliphatic carbocycles. The van der Waals surface area contributed by atoms with Gasteiger partial charge in [-0.05, 0) is 44.0 Å². The van der Waals surface area contributed by atoms with Crippen LogP contribution in [0.5, 0.6) is 0 Å². The normalized spacial score (nSPS) is 10.2. The van der Waals surface area contributed by atoms with Gasteiger partial charge in [0.05, 0.1) is 13.1 Å². The van der Waals surface area contributed by atoms with E-state index in [4.69, 9.17) is 5.11 Å². The van der Waals surface area contributed by atoms with Gasteiger partial charge >= 0.3 is 5.97 Å². The number of nitrogens with one attached hydrogen (secondary N) is 2. The van der Waals surface area contributed by atoms with Gasteiger partial charge in [-0.3, -0.25) is 14.4 Å². The number of carbonyl (C=O) groups excluding carboxylic acids is 2. The highest BCUT2D eigenvalue weighted by molar-refractivity contribution is 5.96. The molecule has 0 bridgehead atoms. The SMILES string of the molecule is Cc1cc(C)c(NC(=O)CNC(=O)CN(CC(=O)O)c2ccccc2)c(C)c1. The minimum Gasteiger partial charge on any atom is -0.480 e. The Kier molecular flexibility index (Phi) is 7.14. The van der Waals surface area contributed by atoms with Crippen LogP contribution in [0.15, 0.2) is 42.5 Å². The highest BCUT2D eigenvalue weighted by Crippen LogP contribution is 2.21. The summed E-state index contributed by atoms with van der Waals surface area (Å²) < 4.78 is 0. The number of para-hydroxylation sites is 1. The lowest BCUT2D eigenvalue weighted by atomic mass is 10.1. The Bertz CT molecular complexity index is 842. The molecule has 0 fully saturated rings. The van der Waals surface area contributed by atoms with E-state index in [0.29, 0.717) is 5.69 Å². The molecule has 2 amide bonds. The quantitative estimate of drug-likeness (QED) is 0.649. The van der Waals surface area contributed by atoms with E-state index in [1.54, 1.807) is 24.3 Å². The van der Waals surface area contributed by atoms with Crippen molar-refractivity contribution in [3.8, 4) is 0 Å². The number of nitrogens with zero attached hydrogens (tertiary/aromatic N) is 1. The summed E-state index contributed by atoms with van der Waals surface area (Å²) in [4.78, 5) is 36.9. The summed E-state index contributed by atoms with van der Waals surface area (Å²) in [5.41, 5.74) is 4.38. The van der Waals surface area contributed by atoms with Crippen LogP contribution in [-0.2, 0) is 14.4 Å². The fourth-order valence-corrected chi connectivity index (χ4v) is 3.01. The first-order chi connectivity index (χ1) is 13.3. The zero-order valence-electron chi connectivity index (χ0n) is 16.3. The molecular weight excluding hydrogens is 358 g/mol. The van der Waals surface area contributed by atoms with E-state index in [-0.39, 0.29) is 25.5 Å². The number of hydrogen-bond donors (Lipinski definition) is 3. The average molecular weight is 383 g/mol. The third-order valence-corrected chi connectivity index (χ3v) is 4.17. The van der Waals surface area contributed by atoms with Crippen molar-refractivity contribution >= 4 is 29.2 Å². The lowest BCUT2D eigenvalue weighted by Gasteiger charge is -2.22. The second kappa shape index (κ2) is 9.55. The van der Waals surface area contributed by atoms with E-state index < -0.39 is 11.9 Å². The smallest absolute Gasteiger partial charge is 0.323 e. The zero-order valence-corrected chi connectivity index (χ0v) is 16.3. The van der Waals surface area contributed by atoms with Crippen LogP contribution in [0.25, 0.3) is 0 Å². The van der Waals surface area contributed by atoms with Crippen molar-refractivity contribution in [2.45, 2.75) is 20.8 Å². The van der Waals surface area contributed by atoms with Gasteiger partial charge in [0.15, 0.2) is 0 Å². The first-order valence-corrected chi connectivity index (χ1v) is 8.92. The number of benzene rings is 2. The topological polar surface area (TPSA) is 98.7 Å². The number of hydrogen-bond acceptors (Lipinski definition) is 4. The van der Waals surface area contributed by atoms with Crippen molar-refractivity contribution in [1.29, 1.82) is 0 Å². The van der Waals surface area contributed by atoms with Crippen molar-refractivity contribution in [3.05, 3.63) is 59.2 Å². The van der Waals surface area contributed by atoms with Crippen molar-refractivity contribution < 1.29 is 19.5 Å². The van der Waals surface area contributed by atoms with Crippen LogP contribution in [0.3, 0.4) is 0 Å². The van der Waals surface area contributed by atoms with Gasteiger partial charge in [0.2, 0.25) is 11.8 Å². The monoisotopic (exact) mass is 383 g/mol. The second-order valence-electron chi connectivity index (χ2n) is 6.68. The van der Waals surface area contributed by atoms with Crippen LogP contribution < -0.4 is 15.5 Å². The third kappa shape index (κ3) is 6.12. The van der Waals surface area contributed by atoms with Crippen molar-refractivity contribution in [3.63, 3.8) is 0 Å². The molecule has 7 heteroatoms. The number of anilines is 2. The summed E-state index contributed by atoms with van der Waals surface area (Å²) in [6.45, 7) is 5.15. The Hall–Kier alpha value is -3.35. The second-order valence-corrected chi connectivity index (χ2v) is 6.68. The highest BCUT2D eigenvalue weighted by atomic mass is 16.4. The number of carboxylic acid groups (broad SMARTS) is 1. The molecule has 0 unspecified atom stereocenters. The first-order valence-electron chi connectivity index (χ1n) is 8.92. The van der Waals surface area contributed by atoms with Crippen LogP contribution in [0.2, 0.25) is 0 Å². The number of amides is 2. The Morgan fingerprint density at radius 2 is 1.54 bits per heavy atom. The average Bonchev–Trinajstić information content (AvgIpc) is 2.63. The van der Waals surface area contributed by atoms with Gasteiger partial charge in [0.1, 0.15) is 6.54 Å². The Labute approximate surface area is 164 Å². The largest absolute Gasteiger partial charge is 0.480 e. The zero-order chi connectivity index (χ0) is 20.7. The summed E-state index contributed by atoms with van der Waals surface area (Å²) >= 11 is 0. The van der Waals surface area contributed by atoms with Gasteiger partial charge in [0, 0.05) is 11.4 Å². The summed E-state index contributed by atoms with van der Waals surface area (Å²) in [5.74, 6) is -1.81. The van der Waals surface area contributed by atoms with Crippen LogP contribution in [0.1, 0.15) is 16.7 Å². The van der Waals surface area contributed by atoms with Crippen LogP contribution in [0, 0.1) is 20.8 Å². The van der Waals surface area contributed by atoms with E-state index in [1.165, 1.54) is 4.90 Å². The molecule has 0 atom stereocenters. The molecule has 7 nitrogen and oxygen atoms in total. The number of aliphatic carboxylic acids is 1. The number of carboxylic acids is 1. The molecule has 3 N–H and O–H groups in total. The summed E-state index contributed by atoms with van der Waals surface area (Å²) in [7, 11) is 0. The van der Waals surface area contributed by atoms with Gasteiger partial charge < -0.3 is 20.6 Å². The Morgan fingerprint density at radius 1 is 0.929 bits per heavy atom. The first kappa shape index (κ1) is 21.0. The fraction of sp³-hybridized carbons (Fsp3) is 0.286. The number of rotatable bonds is 8. The summed E-state index contributed by atoms with van der Waals surface area (Å²) in [6, 6.07) is 12.7. The van der Waals surface area contributed by atoms with Gasteiger partial charge in [-0.15, -0.1) is 0 Å². The molecule has 28 heavy (non-hydrogen) atoms. The molecule has 0 aliphatic rings. The molecule has 0 aliphatic heterocycles. The molecular formula is C21H25N3O4. The number of aryl methyl sites for hydroxylation is 3. The predicted octanol–water partition coefficient (Wildman–Crippen LogP) is 2.26. The van der Waals surface area contributed by atoms with E-state index in [2.05, 4.69) is 10.6 Å². The predicted molar refractivity (Wildman–Crippen MR) is 109 cm³/mol. The fourth-order valence-electron chi connectivity index (χ4n) is 3.01. The summed E-state index contributed by atoms with van der Waals surface area (Å²) in [6.07, 6.45) is 0. The van der Waals surface area contributed by atoms with E-state index in [0.717, 1.165) is 22.4 Å². The van der Waals surface area contributed by atoms with Gasteiger partial charge in [-0.25, -0.2) is 0 Å². The van der Waals surface area contributed by atoms with Gasteiger partial charge in [0.25, 0.3) is 0 Å². The molecule has 0 aromatic heterocycles. The van der Waals surface area contributed by atoms with Crippen molar-refractivity contribution in [2.24, 2.45) is 0 Å². The van der Waals surface area contributed by atoms with Gasteiger partial charge in [-0.1, -0.05) is 35.9 Å². The van der Waals surface area contributed by atoms with Gasteiger partial charge in [-0.2, -0.15) is 0 Å². The highest BCUT2D eigenvalue weighted by Gasteiger charge is 2.16. The molecule has 0 spiro atoms. The maximum Gasteiger partial charge on any atom is 0.323 e. The van der Waals surface area contributed by atoms with Crippen LogP contribution >= 0.6 is 0 Å². The molecule has 2 aromatic rings. The Balaban J connectivity index is 1.93. The minimum absolute atomic E-state index is 0.161. The van der Waals surface area contributed by atoms with Crippen LogP contribution in [-0.4, -0.2) is 42.5 Å². The lowest BCUT2D eigenvalue weighted by molar-refractivity contribution is -0.135. The standard InChI is InChI=1S/C21H25N3O4/c1-14-9-15(2)21(16(3)10-14)23-18(25)11-22-19(26)12-24(13-20(27)28)17-7-5-4-6-8-17/h4-10H,11-13H2,1-3H3,(H,22,26)(H,23,25)(H,27,28). The molecule has 0 saturated heterocycles. The van der Waals surface area contributed by atoms with Crippen LogP contribution in [0.4, 0.5) is 11.4 Å². The third-order valence-electron chi connectivity index (χ3n) is 4.17.